The van der Waals surface area contributed by atoms with Crippen LogP contribution in [0.15, 0.2) is 31.2 Å². The molecule has 1 N–H and O–H groups in total. The summed E-state index contributed by atoms with van der Waals surface area (Å²) in [5.41, 5.74) is 3.61. The molecule has 8 nitrogen and oxygen atoms in total. The Kier molecular flexibility index (Phi) is 3.03. The Morgan fingerprint density at radius 2 is 2.22 bits per heavy atom. The lowest BCUT2D eigenvalue weighted by molar-refractivity contribution is 0.0712. The van der Waals surface area contributed by atoms with E-state index in [-0.39, 0.29) is 11.8 Å². The minimum atomic E-state index is -0.0286. The Labute approximate surface area is 132 Å². The Bertz CT molecular complexity index is 859. The molecular weight excluding hydrogens is 294 g/mol. The Morgan fingerprint density at radius 1 is 1.35 bits per heavy atom. The summed E-state index contributed by atoms with van der Waals surface area (Å²) in [7, 11) is 3.71. The van der Waals surface area contributed by atoms with Crippen LogP contribution in [-0.2, 0) is 20.6 Å². The molecule has 1 amide bonds. The minimum absolute atomic E-state index is 0.0240. The molecule has 3 aromatic heterocycles. The number of hydrogen-bond acceptors (Lipinski definition) is 4. The van der Waals surface area contributed by atoms with Gasteiger partial charge in [-0.25, -0.2) is 9.97 Å². The monoisotopic (exact) mass is 311 g/mol. The van der Waals surface area contributed by atoms with Gasteiger partial charge in [-0.1, -0.05) is 0 Å². The lowest BCUT2D eigenvalue weighted by Crippen LogP contribution is -2.39. The lowest BCUT2D eigenvalue weighted by atomic mass is 9.93. The summed E-state index contributed by atoms with van der Waals surface area (Å²) in [4.78, 5) is 26.3. The number of rotatable bonds is 2. The van der Waals surface area contributed by atoms with Crippen LogP contribution in [0.5, 0.6) is 0 Å². The maximum atomic E-state index is 12.8. The molecule has 4 rings (SSSR count). The standard InChI is InChI=1S/C15H17N7O/c1-20-9-16-4-13(20)15(23)22-6-11(10-3-19-21(2)5-10)14-12(7-22)17-8-18-14/h3-5,8-9,11H,6-7H2,1-2H3,(H,17,18). The van der Waals surface area contributed by atoms with Crippen molar-refractivity contribution in [3.05, 3.63) is 53.9 Å². The van der Waals surface area contributed by atoms with Gasteiger partial charge in [0.25, 0.3) is 5.91 Å². The molecule has 0 saturated carbocycles. The van der Waals surface area contributed by atoms with E-state index in [4.69, 9.17) is 0 Å². The molecule has 4 heterocycles. The molecule has 1 unspecified atom stereocenters. The summed E-state index contributed by atoms with van der Waals surface area (Å²) in [5, 5.41) is 4.24. The number of carbonyl (C=O) groups is 1. The van der Waals surface area contributed by atoms with Crippen molar-refractivity contribution in [1.82, 2.24) is 34.2 Å². The highest BCUT2D eigenvalue weighted by Crippen LogP contribution is 2.31. The largest absolute Gasteiger partial charge is 0.347 e. The van der Waals surface area contributed by atoms with Gasteiger partial charge in [-0.2, -0.15) is 5.10 Å². The fourth-order valence-corrected chi connectivity index (χ4v) is 3.08. The van der Waals surface area contributed by atoms with Crippen LogP contribution in [-0.4, -0.2) is 46.7 Å². The highest BCUT2D eigenvalue weighted by atomic mass is 16.2. The first-order valence-corrected chi connectivity index (χ1v) is 7.39. The summed E-state index contributed by atoms with van der Waals surface area (Å²) < 4.78 is 3.51. The summed E-state index contributed by atoms with van der Waals surface area (Å²) in [6, 6.07) is 0. The van der Waals surface area contributed by atoms with Gasteiger partial charge in [0.2, 0.25) is 0 Å². The van der Waals surface area contributed by atoms with E-state index in [1.807, 2.05) is 31.4 Å². The van der Waals surface area contributed by atoms with E-state index >= 15 is 0 Å². The van der Waals surface area contributed by atoms with Gasteiger partial charge in [-0.05, 0) is 0 Å². The van der Waals surface area contributed by atoms with E-state index in [0.717, 1.165) is 17.0 Å². The molecule has 0 spiro atoms. The molecule has 0 saturated heterocycles. The second kappa shape index (κ2) is 5.08. The molecule has 8 heteroatoms. The number of amides is 1. The number of imidazole rings is 2. The number of nitrogens with zero attached hydrogens (tertiary/aromatic N) is 6. The van der Waals surface area contributed by atoms with Crippen molar-refractivity contribution < 1.29 is 4.79 Å². The van der Waals surface area contributed by atoms with Crippen LogP contribution in [0.25, 0.3) is 0 Å². The third-order valence-electron chi connectivity index (χ3n) is 4.28. The molecule has 1 aliphatic rings. The fraction of sp³-hybridized carbons (Fsp3) is 0.333. The molecule has 23 heavy (non-hydrogen) atoms. The van der Waals surface area contributed by atoms with Gasteiger partial charge in [0.05, 0.1) is 43.0 Å². The summed E-state index contributed by atoms with van der Waals surface area (Å²) in [6.45, 7) is 1.10. The first kappa shape index (κ1) is 13.7. The van der Waals surface area contributed by atoms with Gasteiger partial charge >= 0.3 is 0 Å². The van der Waals surface area contributed by atoms with E-state index in [2.05, 4.69) is 20.1 Å². The van der Waals surface area contributed by atoms with Crippen molar-refractivity contribution in [3.63, 3.8) is 0 Å². The van der Waals surface area contributed by atoms with Crippen molar-refractivity contribution in [2.24, 2.45) is 14.1 Å². The van der Waals surface area contributed by atoms with E-state index in [1.165, 1.54) is 0 Å². The van der Waals surface area contributed by atoms with Crippen LogP contribution in [0.1, 0.15) is 33.4 Å². The van der Waals surface area contributed by atoms with Gasteiger partial charge in [-0.3, -0.25) is 9.48 Å². The van der Waals surface area contributed by atoms with Crippen molar-refractivity contribution in [2.45, 2.75) is 12.5 Å². The molecule has 0 fully saturated rings. The number of fused-ring (bicyclic) bond motifs is 1. The Morgan fingerprint density at radius 3 is 2.91 bits per heavy atom. The number of carbonyl (C=O) groups excluding carboxylic acids is 1. The van der Waals surface area contributed by atoms with E-state index in [0.29, 0.717) is 18.8 Å². The van der Waals surface area contributed by atoms with Gasteiger partial charge in [0.15, 0.2) is 0 Å². The number of aryl methyl sites for hydroxylation is 2. The van der Waals surface area contributed by atoms with Gasteiger partial charge in [0.1, 0.15) is 5.69 Å². The third kappa shape index (κ3) is 2.23. The average Bonchev–Trinajstić information content (AvgIpc) is 3.25. The van der Waals surface area contributed by atoms with E-state index in [9.17, 15) is 4.79 Å². The lowest BCUT2D eigenvalue weighted by Gasteiger charge is -2.31. The Hall–Kier alpha value is -2.90. The molecule has 0 aliphatic carbocycles. The van der Waals surface area contributed by atoms with Crippen molar-refractivity contribution in [2.75, 3.05) is 6.54 Å². The van der Waals surface area contributed by atoms with Crippen LogP contribution in [0.2, 0.25) is 0 Å². The smallest absolute Gasteiger partial charge is 0.272 e. The molecule has 0 aromatic carbocycles. The van der Waals surface area contributed by atoms with Crippen LogP contribution in [0.3, 0.4) is 0 Å². The number of aromatic nitrogens is 6. The topological polar surface area (TPSA) is 84.6 Å². The summed E-state index contributed by atoms with van der Waals surface area (Å²) in [5.74, 6) is -0.00461. The number of hydrogen-bond donors (Lipinski definition) is 1. The van der Waals surface area contributed by atoms with E-state index in [1.54, 1.807) is 28.1 Å². The third-order valence-corrected chi connectivity index (χ3v) is 4.28. The SMILES string of the molecule is Cn1cc(C2CN(C(=O)c3cncn3C)Cc3[nH]cnc32)cn1. The number of nitrogens with one attached hydrogen (secondary N) is 1. The van der Waals surface area contributed by atoms with Gasteiger partial charge < -0.3 is 14.5 Å². The number of H-pyrrole nitrogens is 1. The molecule has 1 atom stereocenters. The van der Waals surface area contributed by atoms with Crippen LogP contribution < -0.4 is 0 Å². The maximum absolute atomic E-state index is 12.8. The van der Waals surface area contributed by atoms with E-state index < -0.39 is 0 Å². The van der Waals surface area contributed by atoms with Crippen LogP contribution in [0.4, 0.5) is 0 Å². The summed E-state index contributed by atoms with van der Waals surface area (Å²) >= 11 is 0. The molecular formula is C15H17N7O. The molecule has 118 valence electrons. The first-order valence-electron chi connectivity index (χ1n) is 7.39. The van der Waals surface area contributed by atoms with Gasteiger partial charge in [-0.15, -0.1) is 0 Å². The molecule has 0 radical (unpaired) electrons. The Balaban J connectivity index is 1.70. The summed E-state index contributed by atoms with van der Waals surface area (Å²) in [6.07, 6.45) is 8.73. The zero-order valence-electron chi connectivity index (χ0n) is 13.0. The zero-order valence-corrected chi connectivity index (χ0v) is 13.0. The first-order chi connectivity index (χ1) is 11.1. The molecule has 0 bridgehead atoms. The zero-order chi connectivity index (χ0) is 16.0. The van der Waals surface area contributed by atoms with Crippen molar-refractivity contribution in [1.29, 1.82) is 0 Å². The van der Waals surface area contributed by atoms with Crippen molar-refractivity contribution in [3.8, 4) is 0 Å². The fourth-order valence-electron chi connectivity index (χ4n) is 3.08. The molecule has 1 aliphatic heterocycles. The maximum Gasteiger partial charge on any atom is 0.272 e. The second-order valence-electron chi connectivity index (χ2n) is 5.84. The van der Waals surface area contributed by atoms with Gasteiger partial charge in [0, 0.05) is 38.3 Å². The second-order valence-corrected chi connectivity index (χ2v) is 5.84. The van der Waals surface area contributed by atoms with Crippen LogP contribution >= 0.6 is 0 Å². The number of aromatic amines is 1. The quantitative estimate of drug-likeness (QED) is 0.753. The van der Waals surface area contributed by atoms with Crippen molar-refractivity contribution >= 4 is 5.91 Å². The highest BCUT2D eigenvalue weighted by Gasteiger charge is 2.33. The van der Waals surface area contributed by atoms with Crippen LogP contribution in [0, 0.1) is 0 Å². The predicted octanol–water partition coefficient (Wildman–Crippen LogP) is 0.665. The highest BCUT2D eigenvalue weighted by molar-refractivity contribution is 5.92. The molecule has 3 aromatic rings. The average molecular weight is 311 g/mol. The normalized spacial score (nSPS) is 17.3. The minimum Gasteiger partial charge on any atom is -0.347 e. The predicted molar refractivity (Wildman–Crippen MR) is 81.6 cm³/mol.